The molecule has 1 aliphatic rings. The van der Waals surface area contributed by atoms with E-state index in [1.807, 2.05) is 25.3 Å². The van der Waals surface area contributed by atoms with Gasteiger partial charge in [0.05, 0.1) is 7.11 Å². The van der Waals surface area contributed by atoms with E-state index in [2.05, 4.69) is 26.9 Å². The Bertz CT molecular complexity index is 1980. The quantitative estimate of drug-likeness (QED) is 0.150. The first kappa shape index (κ1) is 33.1. The average molecular weight is 658 g/mol. The molecule has 1 unspecified atom stereocenters. The minimum absolute atomic E-state index is 0.0470. The van der Waals surface area contributed by atoms with Crippen molar-refractivity contribution in [2.45, 2.75) is 56.4 Å². The second-order valence-corrected chi connectivity index (χ2v) is 12.8. The summed E-state index contributed by atoms with van der Waals surface area (Å²) in [5.74, 6) is 4.09. The van der Waals surface area contributed by atoms with Crippen LogP contribution >= 0.6 is 0 Å². The number of carbonyl (C=O) groups excluding carboxylic acids is 3. The Morgan fingerprint density at radius 1 is 1.02 bits per heavy atom. The number of rotatable bonds is 9. The number of carbonyl (C=O) groups is 3. The molecule has 0 spiro atoms. The van der Waals surface area contributed by atoms with Gasteiger partial charge in [-0.05, 0) is 73.7 Å². The van der Waals surface area contributed by atoms with Crippen molar-refractivity contribution in [3.8, 4) is 17.6 Å². The number of hydrogen-bond acceptors (Lipinski definition) is 8. The molecule has 244 valence electrons. The summed E-state index contributed by atoms with van der Waals surface area (Å²) in [6.07, 6.45) is 5.25. The summed E-state index contributed by atoms with van der Waals surface area (Å²) in [7, 11) is -2.84. The van der Waals surface area contributed by atoms with E-state index in [4.69, 9.17) is 14.2 Å². The average Bonchev–Trinajstić information content (AvgIpc) is 3.72. The van der Waals surface area contributed by atoms with Crippen LogP contribution in [0.1, 0.15) is 72.5 Å². The van der Waals surface area contributed by atoms with E-state index in [0.717, 1.165) is 47.7 Å². The van der Waals surface area contributed by atoms with E-state index in [9.17, 15) is 22.8 Å². The molecule has 1 atom stereocenters. The summed E-state index contributed by atoms with van der Waals surface area (Å²) in [6.45, 7) is 3.02. The summed E-state index contributed by atoms with van der Waals surface area (Å²) < 4.78 is 44.5. The Labute approximate surface area is 273 Å². The number of H-pyrrole nitrogens is 1. The lowest BCUT2D eigenvalue weighted by Crippen LogP contribution is -2.31. The topological polar surface area (TPSA) is 153 Å². The van der Waals surface area contributed by atoms with E-state index in [0.29, 0.717) is 11.4 Å². The molecule has 1 fully saturated rings. The molecule has 0 bridgehead atoms. The zero-order valence-electron chi connectivity index (χ0n) is 26.2. The highest BCUT2D eigenvalue weighted by Crippen LogP contribution is 2.37. The standard InChI is InChI=1S/C35H35N3O8S/c1-22(30-21-36-31-17-15-26(20-29(30)31)37-35(41)46-27-11-5-6-12-27)28-16-14-25(19-32(28)44-3)34(40)38-47(42,43)33-13-7-4-9-24(33)10-8-18-45-23(2)39/h4,7,9,13-17,19-22,27,36H,5-6,11-12,18H2,1-3H3,(H,37,41)(H,38,40). The molecule has 1 saturated carbocycles. The Hall–Kier alpha value is -5.28. The maximum Gasteiger partial charge on any atom is 0.411 e. The lowest BCUT2D eigenvalue weighted by molar-refractivity contribution is -0.139. The van der Waals surface area contributed by atoms with Crippen LogP contribution in [0.5, 0.6) is 5.75 Å². The summed E-state index contributed by atoms with van der Waals surface area (Å²) >= 11 is 0. The van der Waals surface area contributed by atoms with Crippen molar-refractivity contribution >= 4 is 44.6 Å². The fourth-order valence-corrected chi connectivity index (χ4v) is 6.71. The normalized spacial score (nSPS) is 13.7. The lowest BCUT2D eigenvalue weighted by atomic mass is 9.91. The number of ether oxygens (including phenoxy) is 3. The van der Waals surface area contributed by atoms with Gasteiger partial charge in [-0.2, -0.15) is 0 Å². The summed E-state index contributed by atoms with van der Waals surface area (Å²) in [5.41, 5.74) is 3.39. The first-order valence-electron chi connectivity index (χ1n) is 15.1. The molecule has 5 rings (SSSR count). The molecule has 3 N–H and O–H groups in total. The van der Waals surface area contributed by atoms with Crippen LogP contribution in [0, 0.1) is 11.8 Å². The first-order valence-corrected chi connectivity index (χ1v) is 16.6. The van der Waals surface area contributed by atoms with Gasteiger partial charge in [-0.25, -0.2) is 17.9 Å². The summed E-state index contributed by atoms with van der Waals surface area (Å²) in [5, 5.41) is 3.72. The van der Waals surface area contributed by atoms with Gasteiger partial charge >= 0.3 is 12.1 Å². The van der Waals surface area contributed by atoms with Gasteiger partial charge in [0.2, 0.25) is 0 Å². The van der Waals surface area contributed by atoms with Crippen molar-refractivity contribution in [1.29, 1.82) is 0 Å². The number of sulfonamides is 1. The molecule has 1 heterocycles. The predicted octanol–water partition coefficient (Wildman–Crippen LogP) is 5.85. The van der Waals surface area contributed by atoms with Gasteiger partial charge in [-0.3, -0.25) is 14.9 Å². The molecule has 2 amide bonds. The van der Waals surface area contributed by atoms with Crippen LogP contribution in [0.15, 0.2) is 71.8 Å². The minimum Gasteiger partial charge on any atom is -0.496 e. The number of aromatic nitrogens is 1. The summed E-state index contributed by atoms with van der Waals surface area (Å²) in [4.78, 5) is 39.7. The molecule has 0 aliphatic heterocycles. The largest absolute Gasteiger partial charge is 0.496 e. The van der Waals surface area contributed by atoms with Crippen LogP contribution in [-0.2, 0) is 24.3 Å². The van der Waals surface area contributed by atoms with E-state index < -0.39 is 28.0 Å². The number of nitrogens with one attached hydrogen (secondary N) is 3. The number of hydrogen-bond donors (Lipinski definition) is 3. The van der Waals surface area contributed by atoms with Crippen molar-refractivity contribution in [2.24, 2.45) is 0 Å². The third kappa shape index (κ3) is 7.93. The fraction of sp³-hybridized carbons (Fsp3) is 0.286. The Morgan fingerprint density at radius 2 is 1.79 bits per heavy atom. The van der Waals surface area contributed by atoms with E-state index in [1.54, 1.807) is 18.2 Å². The van der Waals surface area contributed by atoms with Crippen molar-refractivity contribution < 1.29 is 37.0 Å². The molecular weight excluding hydrogens is 622 g/mol. The zero-order valence-corrected chi connectivity index (χ0v) is 27.0. The monoisotopic (exact) mass is 657 g/mol. The highest BCUT2D eigenvalue weighted by Gasteiger charge is 2.24. The smallest absolute Gasteiger partial charge is 0.411 e. The highest BCUT2D eigenvalue weighted by atomic mass is 32.2. The lowest BCUT2D eigenvalue weighted by Gasteiger charge is -2.17. The fourth-order valence-electron chi connectivity index (χ4n) is 5.57. The van der Waals surface area contributed by atoms with Crippen molar-refractivity contribution in [2.75, 3.05) is 19.0 Å². The van der Waals surface area contributed by atoms with Gasteiger partial charge < -0.3 is 19.2 Å². The Morgan fingerprint density at radius 3 is 2.53 bits per heavy atom. The predicted molar refractivity (Wildman–Crippen MR) is 176 cm³/mol. The van der Waals surface area contributed by atoms with Crippen LogP contribution < -0.4 is 14.8 Å². The van der Waals surface area contributed by atoms with Gasteiger partial charge in [0.1, 0.15) is 16.7 Å². The highest BCUT2D eigenvalue weighted by molar-refractivity contribution is 7.90. The molecule has 47 heavy (non-hydrogen) atoms. The van der Waals surface area contributed by atoms with Crippen LogP contribution in [0.4, 0.5) is 10.5 Å². The molecule has 1 aromatic heterocycles. The third-order valence-corrected chi connectivity index (χ3v) is 9.33. The molecule has 3 aromatic carbocycles. The van der Waals surface area contributed by atoms with Crippen molar-refractivity contribution in [3.63, 3.8) is 0 Å². The Balaban J connectivity index is 1.33. The van der Waals surface area contributed by atoms with Crippen LogP contribution in [0.3, 0.4) is 0 Å². The van der Waals surface area contributed by atoms with Gasteiger partial charge in [0.15, 0.2) is 6.61 Å². The SMILES string of the molecule is COc1cc(C(=O)NS(=O)(=O)c2ccccc2C#CCOC(C)=O)ccc1C(C)c1c[nH]c2ccc(NC(=O)OC3CCCC3)cc12. The number of benzene rings is 3. The third-order valence-electron chi connectivity index (χ3n) is 7.94. The second-order valence-electron chi connectivity index (χ2n) is 11.1. The van der Waals surface area contributed by atoms with Crippen LogP contribution in [0.2, 0.25) is 0 Å². The molecule has 1 aliphatic carbocycles. The van der Waals surface area contributed by atoms with Gasteiger partial charge in [-0.15, -0.1) is 0 Å². The van der Waals surface area contributed by atoms with Crippen LogP contribution in [0.25, 0.3) is 10.9 Å². The molecule has 11 nitrogen and oxygen atoms in total. The summed E-state index contributed by atoms with van der Waals surface area (Å²) in [6, 6.07) is 16.3. The van der Waals surface area contributed by atoms with E-state index in [-0.39, 0.29) is 34.7 Å². The second kappa shape index (κ2) is 14.4. The molecule has 4 aromatic rings. The zero-order chi connectivity index (χ0) is 33.6. The maximum atomic E-state index is 13.2. The number of aromatic amines is 1. The minimum atomic E-state index is -4.31. The Kier molecular flexibility index (Phi) is 10.2. The molecule has 12 heteroatoms. The number of amides is 2. The molecule has 0 saturated heterocycles. The van der Waals surface area contributed by atoms with Crippen molar-refractivity contribution in [3.05, 3.63) is 89.1 Å². The van der Waals surface area contributed by atoms with E-state index in [1.165, 1.54) is 44.4 Å². The van der Waals surface area contributed by atoms with Gasteiger partial charge in [0.25, 0.3) is 15.9 Å². The number of anilines is 1. The first-order chi connectivity index (χ1) is 22.6. The number of fused-ring (bicyclic) bond motifs is 1. The van der Waals surface area contributed by atoms with E-state index >= 15 is 0 Å². The maximum absolute atomic E-state index is 13.2. The van der Waals surface area contributed by atoms with Gasteiger partial charge in [0, 0.05) is 52.3 Å². The number of esters is 1. The number of methoxy groups -OCH3 is 1. The van der Waals surface area contributed by atoms with Crippen molar-refractivity contribution in [1.82, 2.24) is 9.71 Å². The molecule has 0 radical (unpaired) electrons. The van der Waals surface area contributed by atoms with Gasteiger partial charge in [-0.1, -0.05) is 37.0 Å². The van der Waals surface area contributed by atoms with Crippen LogP contribution in [-0.4, -0.2) is 51.2 Å². The molecular formula is C35H35N3O8S.